The van der Waals surface area contributed by atoms with Crippen molar-refractivity contribution in [2.75, 3.05) is 0 Å². The smallest absolute Gasteiger partial charge is 0.235 e. The van der Waals surface area contributed by atoms with Crippen molar-refractivity contribution in [3.8, 4) is 62.1 Å². The van der Waals surface area contributed by atoms with Gasteiger partial charge in [0.05, 0.1) is 44.5 Å². The Balaban J connectivity index is 0.979. The molecular weight excluding hydrogens is 839 g/mol. The maximum atomic E-state index is 5.39. The summed E-state index contributed by atoms with van der Waals surface area (Å²) in [6.45, 7) is 0. The van der Waals surface area contributed by atoms with Gasteiger partial charge in [-0.3, -0.25) is 4.57 Å². The molecule has 10 aromatic carbocycles. The number of rotatable bonds is 7. The van der Waals surface area contributed by atoms with Crippen LogP contribution in [0.4, 0.5) is 0 Å². The zero-order chi connectivity index (χ0) is 45.4. The molecule has 5 heteroatoms. The zero-order valence-electron chi connectivity index (χ0n) is 37.4. The molecule has 0 amide bonds. The first kappa shape index (κ1) is 38.9. The third kappa shape index (κ3) is 6.25. The summed E-state index contributed by atoms with van der Waals surface area (Å²) < 4.78 is 7.07. The van der Waals surface area contributed by atoms with Gasteiger partial charge in [-0.05, 0) is 95.1 Å². The fraction of sp³-hybridized carbons (Fsp3) is 0. The molecule has 69 heavy (non-hydrogen) atoms. The molecule has 14 aromatic rings. The molecule has 0 saturated carbocycles. The number of hydrogen-bond acceptors (Lipinski definition) is 2. The van der Waals surface area contributed by atoms with Gasteiger partial charge in [-0.2, -0.15) is 0 Å². The van der Waals surface area contributed by atoms with E-state index in [0.717, 1.165) is 77.9 Å². The molecule has 0 saturated heterocycles. The molecule has 5 nitrogen and oxygen atoms in total. The predicted molar refractivity (Wildman–Crippen MR) is 287 cm³/mol. The lowest BCUT2D eigenvalue weighted by molar-refractivity contribution is 0.996. The average molecular weight is 880 g/mol. The molecule has 322 valence electrons. The van der Waals surface area contributed by atoms with Crippen LogP contribution in [0.2, 0.25) is 0 Å². The van der Waals surface area contributed by atoms with Crippen molar-refractivity contribution in [3.63, 3.8) is 0 Å². The van der Waals surface area contributed by atoms with Crippen molar-refractivity contribution >= 4 is 65.4 Å². The maximum absolute atomic E-state index is 5.39. The average Bonchev–Trinajstić information content (AvgIpc) is 4.07. The second-order valence-electron chi connectivity index (χ2n) is 17.8. The topological polar surface area (TPSA) is 40.6 Å². The highest BCUT2D eigenvalue weighted by atomic mass is 15.2. The van der Waals surface area contributed by atoms with Gasteiger partial charge in [0.25, 0.3) is 0 Å². The molecular formula is C64H41N5. The summed E-state index contributed by atoms with van der Waals surface area (Å²) in [7, 11) is 0. The van der Waals surface area contributed by atoms with Crippen molar-refractivity contribution in [2.45, 2.75) is 0 Å². The number of nitrogens with zero attached hydrogens (tertiary/aromatic N) is 5. The monoisotopic (exact) mass is 879 g/mol. The lowest BCUT2D eigenvalue weighted by Gasteiger charge is -2.12. The fourth-order valence-electron chi connectivity index (χ4n) is 10.7. The minimum absolute atomic E-state index is 0.623. The first-order valence-electron chi connectivity index (χ1n) is 23.5. The van der Waals surface area contributed by atoms with Gasteiger partial charge in [-0.25, -0.2) is 9.97 Å². The van der Waals surface area contributed by atoms with E-state index in [2.05, 4.69) is 250 Å². The highest BCUT2D eigenvalue weighted by Gasteiger charge is 2.23. The van der Waals surface area contributed by atoms with E-state index in [1.165, 1.54) is 43.7 Å². The minimum Gasteiger partial charge on any atom is -0.309 e. The van der Waals surface area contributed by atoms with Gasteiger partial charge < -0.3 is 9.13 Å². The number of fused-ring (bicyclic) bond motifs is 10. The van der Waals surface area contributed by atoms with Gasteiger partial charge in [0.2, 0.25) is 5.95 Å². The molecule has 14 rings (SSSR count). The minimum atomic E-state index is 0.623. The molecule has 0 aliphatic rings. The second-order valence-corrected chi connectivity index (χ2v) is 17.8. The molecule has 0 unspecified atom stereocenters. The Labute approximate surface area is 398 Å². The molecule has 0 radical (unpaired) electrons. The van der Waals surface area contributed by atoms with Crippen LogP contribution < -0.4 is 0 Å². The summed E-state index contributed by atoms with van der Waals surface area (Å²) in [6.07, 6.45) is 0. The van der Waals surface area contributed by atoms with Crippen LogP contribution in [-0.4, -0.2) is 23.7 Å². The molecule has 0 aliphatic heterocycles. The molecule has 4 aromatic heterocycles. The summed E-state index contributed by atoms with van der Waals surface area (Å²) >= 11 is 0. The van der Waals surface area contributed by atoms with Gasteiger partial charge in [0.15, 0.2) is 0 Å². The molecule has 4 heterocycles. The van der Waals surface area contributed by atoms with Crippen molar-refractivity contribution in [3.05, 3.63) is 249 Å². The van der Waals surface area contributed by atoms with Crippen LogP contribution in [0, 0.1) is 0 Å². The van der Waals surface area contributed by atoms with Crippen molar-refractivity contribution in [1.29, 1.82) is 0 Å². The first-order valence-corrected chi connectivity index (χ1v) is 23.5. The van der Waals surface area contributed by atoms with Crippen LogP contribution in [-0.2, 0) is 0 Å². The zero-order valence-corrected chi connectivity index (χ0v) is 37.4. The Morgan fingerprint density at radius 3 is 1.25 bits per heavy atom. The van der Waals surface area contributed by atoms with E-state index in [1.54, 1.807) is 0 Å². The van der Waals surface area contributed by atoms with Crippen molar-refractivity contribution < 1.29 is 0 Å². The number of para-hydroxylation sites is 4. The van der Waals surface area contributed by atoms with E-state index >= 15 is 0 Å². The molecule has 0 spiro atoms. The van der Waals surface area contributed by atoms with E-state index in [9.17, 15) is 0 Å². The van der Waals surface area contributed by atoms with E-state index in [-0.39, 0.29) is 0 Å². The highest BCUT2D eigenvalue weighted by molar-refractivity contribution is 6.26. The standard InChI is InChI=1S/C64H41N5/c1-5-17-44(18-6-1)55-41-56(45-19-7-2-8-20-45)66-64(65-55)69-60-37-34-47(40-54(60)62-61(69)38-35-52-50-25-13-16-28-58(50)68(63(52)62)49-23-11-4-12-24-49)43-31-29-42(30-32-43)46-33-36-59-53(39-46)51-26-14-15-27-57(51)67(59)48-21-9-3-10-22-48/h1-41H. The van der Waals surface area contributed by atoms with E-state index < -0.39 is 0 Å². The van der Waals surface area contributed by atoms with Crippen LogP contribution in [0.5, 0.6) is 0 Å². The summed E-state index contributed by atoms with van der Waals surface area (Å²) in [6, 6.07) is 89.2. The largest absolute Gasteiger partial charge is 0.309 e. The van der Waals surface area contributed by atoms with Crippen molar-refractivity contribution in [2.24, 2.45) is 0 Å². The fourth-order valence-corrected chi connectivity index (χ4v) is 10.7. The lowest BCUT2D eigenvalue weighted by atomic mass is 9.98. The predicted octanol–water partition coefficient (Wildman–Crippen LogP) is 16.4. The number of aromatic nitrogens is 5. The quantitative estimate of drug-likeness (QED) is 0.160. The second kappa shape index (κ2) is 15.7. The summed E-state index contributed by atoms with van der Waals surface area (Å²) in [5, 5.41) is 7.18. The third-order valence-corrected chi connectivity index (χ3v) is 13.9. The lowest BCUT2D eigenvalue weighted by Crippen LogP contribution is -2.04. The Hall–Kier alpha value is -9.32. The number of hydrogen-bond donors (Lipinski definition) is 0. The molecule has 0 fully saturated rings. The summed E-state index contributed by atoms with van der Waals surface area (Å²) in [4.78, 5) is 10.8. The van der Waals surface area contributed by atoms with Crippen LogP contribution in [0.15, 0.2) is 249 Å². The third-order valence-electron chi connectivity index (χ3n) is 13.9. The Kier molecular flexibility index (Phi) is 8.83. The summed E-state index contributed by atoms with van der Waals surface area (Å²) in [5.41, 5.74) is 17.5. The van der Waals surface area contributed by atoms with Crippen LogP contribution in [0.25, 0.3) is 128 Å². The first-order chi connectivity index (χ1) is 34.2. The van der Waals surface area contributed by atoms with Gasteiger partial charge in [0, 0.05) is 54.8 Å². The maximum Gasteiger partial charge on any atom is 0.235 e. The summed E-state index contributed by atoms with van der Waals surface area (Å²) in [5.74, 6) is 0.623. The van der Waals surface area contributed by atoms with Crippen LogP contribution in [0.3, 0.4) is 0 Å². The Morgan fingerprint density at radius 1 is 0.246 bits per heavy atom. The molecule has 0 N–H and O–H groups in total. The Morgan fingerprint density at radius 2 is 0.667 bits per heavy atom. The van der Waals surface area contributed by atoms with Crippen molar-refractivity contribution in [1.82, 2.24) is 23.7 Å². The normalized spacial score (nSPS) is 11.8. The van der Waals surface area contributed by atoms with E-state index in [0.29, 0.717) is 5.95 Å². The SMILES string of the molecule is c1ccc(-c2cc(-c3ccccc3)nc(-n3c4ccc(-c5ccc(-c6ccc7c(c6)c6ccccc6n7-c6ccccc6)cc5)cc4c4c3ccc3c5ccccc5n(-c5ccccc5)c34)n2)cc1. The van der Waals surface area contributed by atoms with E-state index in [4.69, 9.17) is 9.97 Å². The van der Waals surface area contributed by atoms with E-state index in [1.807, 2.05) is 12.1 Å². The van der Waals surface area contributed by atoms with Gasteiger partial charge >= 0.3 is 0 Å². The number of benzene rings is 10. The molecule has 0 atom stereocenters. The Bertz CT molecular complexity index is 4200. The molecule has 0 aliphatic carbocycles. The van der Waals surface area contributed by atoms with Gasteiger partial charge in [-0.15, -0.1) is 0 Å². The van der Waals surface area contributed by atoms with Crippen LogP contribution >= 0.6 is 0 Å². The van der Waals surface area contributed by atoms with Gasteiger partial charge in [0.1, 0.15) is 0 Å². The van der Waals surface area contributed by atoms with Crippen LogP contribution in [0.1, 0.15) is 0 Å². The van der Waals surface area contributed by atoms with Gasteiger partial charge in [-0.1, -0.05) is 176 Å². The highest BCUT2D eigenvalue weighted by Crippen LogP contribution is 2.44. The molecule has 0 bridgehead atoms.